The lowest BCUT2D eigenvalue weighted by Gasteiger charge is -2.11. The number of nitrogens with two attached hydrogens (primary N) is 1. The molecule has 0 radical (unpaired) electrons. The van der Waals surface area contributed by atoms with Crippen molar-refractivity contribution in [3.05, 3.63) is 72.1 Å². The van der Waals surface area contributed by atoms with Gasteiger partial charge < -0.3 is 10.1 Å². The summed E-state index contributed by atoms with van der Waals surface area (Å²) in [7, 11) is 3.45. The van der Waals surface area contributed by atoms with Crippen LogP contribution in [-0.2, 0) is 11.3 Å². The summed E-state index contributed by atoms with van der Waals surface area (Å²) < 4.78 is 7.12. The molecule has 0 aliphatic carbocycles. The maximum atomic E-state index is 5.93. The van der Waals surface area contributed by atoms with Crippen molar-refractivity contribution in [2.24, 2.45) is 10.7 Å². The number of aliphatic imine (C=N–C) groups is 1. The Hall–Kier alpha value is -3.12. The summed E-state index contributed by atoms with van der Waals surface area (Å²) in [6.07, 6.45) is 3.22. The quantitative estimate of drug-likeness (QED) is 0.285. The van der Waals surface area contributed by atoms with Crippen LogP contribution in [0.2, 0.25) is 0 Å². The minimum Gasteiger partial charge on any atom is -0.484 e. The Kier molecular flexibility index (Phi) is 8.24. The SMILES string of the molecule is CN/C=[N+](Cc1ccc(-c2ccccc2)cc1)\C(C)=C\NC(N)/N=C(\C)OC. The summed E-state index contributed by atoms with van der Waals surface area (Å²) >= 11 is 0. The van der Waals surface area contributed by atoms with Gasteiger partial charge in [0.2, 0.25) is 6.34 Å². The Labute approximate surface area is 167 Å². The van der Waals surface area contributed by atoms with Crippen LogP contribution in [0.15, 0.2) is 71.5 Å². The van der Waals surface area contributed by atoms with E-state index >= 15 is 0 Å². The summed E-state index contributed by atoms with van der Waals surface area (Å²) in [5.41, 5.74) is 10.6. The number of ether oxygens (including phenoxy) is 1. The normalized spacial score (nSPS) is 13.8. The van der Waals surface area contributed by atoms with E-state index in [2.05, 4.69) is 68.7 Å². The zero-order chi connectivity index (χ0) is 20.4. The van der Waals surface area contributed by atoms with Crippen LogP contribution in [0.5, 0.6) is 0 Å². The third kappa shape index (κ3) is 6.55. The molecule has 0 aromatic heterocycles. The summed E-state index contributed by atoms with van der Waals surface area (Å²) in [4.78, 5) is 4.17. The number of nitrogens with one attached hydrogen (secondary N) is 2. The maximum absolute atomic E-state index is 5.93. The number of nitrogens with zero attached hydrogens (tertiary/aromatic N) is 2. The Morgan fingerprint density at radius 3 is 2.36 bits per heavy atom. The number of rotatable bonds is 8. The fourth-order valence-corrected chi connectivity index (χ4v) is 2.63. The monoisotopic (exact) mass is 380 g/mol. The van der Waals surface area contributed by atoms with Gasteiger partial charge in [-0.2, -0.15) is 0 Å². The van der Waals surface area contributed by atoms with Crippen molar-refractivity contribution in [3.63, 3.8) is 0 Å². The summed E-state index contributed by atoms with van der Waals surface area (Å²) in [6.45, 7) is 4.51. The molecular weight excluding hydrogens is 350 g/mol. The standard InChI is InChI=1S/C22H29N5O/c1-17(14-25-22(23)26-18(2)28-4)27(16-24-3)15-19-10-12-21(13-11-19)20-8-6-5-7-9-20/h5-14,16,22,25H,15,23H2,1-4H3/p+1/b17-14+,26-18+. The number of hydrogen-bond donors (Lipinski definition) is 3. The molecule has 1 unspecified atom stereocenters. The van der Waals surface area contributed by atoms with E-state index in [-0.39, 0.29) is 0 Å². The molecule has 0 spiro atoms. The first-order valence-electron chi connectivity index (χ1n) is 9.22. The van der Waals surface area contributed by atoms with Crippen molar-refractivity contribution in [3.8, 4) is 11.1 Å². The second-order valence-electron chi connectivity index (χ2n) is 6.36. The van der Waals surface area contributed by atoms with Crippen LogP contribution in [0.25, 0.3) is 11.1 Å². The highest BCUT2D eigenvalue weighted by molar-refractivity contribution is 5.73. The van der Waals surface area contributed by atoms with Gasteiger partial charge in [0.25, 0.3) is 0 Å². The topological polar surface area (TPSA) is 74.7 Å². The number of allylic oxidation sites excluding steroid dienone is 1. The third-order valence-corrected chi connectivity index (χ3v) is 4.23. The largest absolute Gasteiger partial charge is 0.484 e. The first kappa shape index (κ1) is 21.2. The molecule has 28 heavy (non-hydrogen) atoms. The fourth-order valence-electron chi connectivity index (χ4n) is 2.63. The van der Waals surface area contributed by atoms with Gasteiger partial charge in [0.15, 0.2) is 12.2 Å². The van der Waals surface area contributed by atoms with Crippen molar-refractivity contribution in [1.29, 1.82) is 0 Å². The zero-order valence-corrected chi connectivity index (χ0v) is 17.0. The predicted molar refractivity (Wildman–Crippen MR) is 116 cm³/mol. The average molecular weight is 381 g/mol. The van der Waals surface area contributed by atoms with Gasteiger partial charge in [-0.1, -0.05) is 54.6 Å². The van der Waals surface area contributed by atoms with Crippen LogP contribution in [0.4, 0.5) is 0 Å². The van der Waals surface area contributed by atoms with Crippen molar-refractivity contribution in [2.75, 3.05) is 14.2 Å². The van der Waals surface area contributed by atoms with Crippen LogP contribution >= 0.6 is 0 Å². The van der Waals surface area contributed by atoms with E-state index in [1.54, 1.807) is 14.0 Å². The average Bonchev–Trinajstić information content (AvgIpc) is 2.72. The van der Waals surface area contributed by atoms with Crippen LogP contribution in [0, 0.1) is 0 Å². The molecule has 6 nitrogen and oxygen atoms in total. The smallest absolute Gasteiger partial charge is 0.236 e. The zero-order valence-electron chi connectivity index (χ0n) is 17.0. The van der Waals surface area contributed by atoms with E-state index in [1.165, 1.54) is 16.7 Å². The molecular formula is C22H30N5O+. The van der Waals surface area contributed by atoms with E-state index in [1.807, 2.05) is 32.6 Å². The first-order valence-corrected chi connectivity index (χ1v) is 9.22. The lowest BCUT2D eigenvalue weighted by Crippen LogP contribution is -2.33. The Bertz CT molecular complexity index is 826. The second kappa shape index (κ2) is 10.9. The van der Waals surface area contributed by atoms with Crippen molar-refractivity contribution >= 4 is 12.2 Å². The molecule has 148 valence electrons. The highest BCUT2D eigenvalue weighted by Crippen LogP contribution is 2.19. The van der Waals surface area contributed by atoms with Gasteiger partial charge in [-0.05, 0) is 23.6 Å². The molecule has 2 aromatic rings. The van der Waals surface area contributed by atoms with Gasteiger partial charge in [0, 0.05) is 13.1 Å². The fraction of sp³-hybridized carbons (Fsp3) is 0.273. The lowest BCUT2D eigenvalue weighted by molar-refractivity contribution is -0.491. The van der Waals surface area contributed by atoms with Gasteiger partial charge in [0.05, 0.1) is 14.2 Å². The van der Waals surface area contributed by atoms with Gasteiger partial charge in [0.1, 0.15) is 12.2 Å². The third-order valence-electron chi connectivity index (χ3n) is 4.23. The highest BCUT2D eigenvalue weighted by atomic mass is 16.5. The van der Waals surface area contributed by atoms with E-state index in [0.29, 0.717) is 5.90 Å². The number of methoxy groups -OCH3 is 1. The van der Waals surface area contributed by atoms with Crippen LogP contribution in [0.3, 0.4) is 0 Å². The van der Waals surface area contributed by atoms with Crippen LogP contribution < -0.4 is 16.4 Å². The van der Waals surface area contributed by atoms with Crippen LogP contribution in [-0.4, -0.2) is 37.3 Å². The molecule has 0 aliphatic rings. The van der Waals surface area contributed by atoms with Gasteiger partial charge in [-0.25, -0.2) is 9.57 Å². The minimum atomic E-state index is -0.559. The molecule has 0 amide bonds. The first-order chi connectivity index (χ1) is 13.5. The summed E-state index contributed by atoms with van der Waals surface area (Å²) in [5.74, 6) is 0.531. The Morgan fingerprint density at radius 1 is 1.11 bits per heavy atom. The lowest BCUT2D eigenvalue weighted by atomic mass is 10.0. The molecule has 6 heteroatoms. The summed E-state index contributed by atoms with van der Waals surface area (Å²) in [5, 5.41) is 6.15. The Morgan fingerprint density at radius 2 is 1.75 bits per heavy atom. The molecule has 1 atom stereocenters. The van der Waals surface area contributed by atoms with E-state index < -0.39 is 6.29 Å². The molecule has 0 saturated carbocycles. The Balaban J connectivity index is 2.08. The molecule has 0 aliphatic heterocycles. The van der Waals surface area contributed by atoms with Crippen molar-refractivity contribution < 1.29 is 9.31 Å². The molecule has 2 aromatic carbocycles. The number of hydrogen-bond acceptors (Lipinski definition) is 4. The van der Waals surface area contributed by atoms with Gasteiger partial charge in [-0.3, -0.25) is 11.1 Å². The molecule has 2 rings (SSSR count). The van der Waals surface area contributed by atoms with Crippen molar-refractivity contribution in [2.45, 2.75) is 26.7 Å². The van der Waals surface area contributed by atoms with E-state index in [4.69, 9.17) is 10.5 Å². The molecule has 0 saturated heterocycles. The highest BCUT2D eigenvalue weighted by Gasteiger charge is 2.07. The van der Waals surface area contributed by atoms with Gasteiger partial charge >= 0.3 is 0 Å². The molecule has 0 bridgehead atoms. The molecule has 0 fully saturated rings. The van der Waals surface area contributed by atoms with E-state index in [0.717, 1.165) is 12.2 Å². The van der Waals surface area contributed by atoms with Crippen LogP contribution in [0.1, 0.15) is 19.4 Å². The number of benzene rings is 2. The van der Waals surface area contributed by atoms with Crippen molar-refractivity contribution in [1.82, 2.24) is 10.6 Å². The maximum Gasteiger partial charge on any atom is 0.236 e. The summed E-state index contributed by atoms with van der Waals surface area (Å²) in [6, 6.07) is 19.0. The molecule has 0 heterocycles. The minimum absolute atomic E-state index is 0.531. The molecule has 4 N–H and O–H groups in total. The predicted octanol–water partition coefficient (Wildman–Crippen LogP) is 2.87. The van der Waals surface area contributed by atoms with Gasteiger partial charge in [-0.15, -0.1) is 0 Å². The second-order valence-corrected chi connectivity index (χ2v) is 6.36. The van der Waals surface area contributed by atoms with E-state index in [9.17, 15) is 0 Å².